The van der Waals surface area contributed by atoms with Crippen LogP contribution in [0.15, 0.2) is 30.3 Å². The fraction of sp³-hybridized carbons (Fsp3) is 0.625. The topological polar surface area (TPSA) is 40.5 Å². The minimum absolute atomic E-state index is 0.212. The molecule has 1 aliphatic carbocycles. The average Bonchev–Trinajstić information content (AvgIpc) is 2.31. The second-order valence-electron chi connectivity index (χ2n) is 6.26. The molecule has 2 heteroatoms. The van der Waals surface area contributed by atoms with Crippen molar-refractivity contribution in [3.05, 3.63) is 35.9 Å². The minimum atomic E-state index is -0.690. The summed E-state index contributed by atoms with van der Waals surface area (Å²) in [6.45, 7) is 3.65. The smallest absolute Gasteiger partial charge is 0.0595 e. The first kappa shape index (κ1) is 13.6. The maximum Gasteiger partial charge on any atom is 0.0595 e. The molecule has 0 saturated heterocycles. The lowest BCUT2D eigenvalue weighted by molar-refractivity contribution is -0.00730. The summed E-state index contributed by atoms with van der Waals surface area (Å²) in [4.78, 5) is 0. The molecule has 0 aliphatic heterocycles. The highest BCUT2D eigenvalue weighted by Gasteiger charge is 2.33. The zero-order valence-corrected chi connectivity index (χ0v) is 11.3. The van der Waals surface area contributed by atoms with E-state index in [-0.39, 0.29) is 12.0 Å². The maximum absolute atomic E-state index is 10.1. The van der Waals surface area contributed by atoms with Gasteiger partial charge < -0.3 is 10.2 Å². The Bertz CT molecular complexity index is 366. The molecule has 2 rings (SSSR count). The second kappa shape index (κ2) is 5.41. The molecule has 0 bridgehead atoms. The van der Waals surface area contributed by atoms with Crippen molar-refractivity contribution in [2.75, 3.05) is 0 Å². The molecule has 1 fully saturated rings. The Hall–Kier alpha value is -0.860. The van der Waals surface area contributed by atoms with Crippen molar-refractivity contribution < 1.29 is 10.2 Å². The monoisotopic (exact) mass is 248 g/mol. The predicted octanol–water partition coefficient (Wildman–Crippen LogP) is 3.09. The van der Waals surface area contributed by atoms with E-state index in [1.807, 2.05) is 19.9 Å². The van der Waals surface area contributed by atoms with E-state index in [0.717, 1.165) is 19.3 Å². The molecule has 1 aromatic carbocycles. The van der Waals surface area contributed by atoms with Crippen LogP contribution < -0.4 is 0 Å². The van der Waals surface area contributed by atoms with Crippen molar-refractivity contribution in [3.8, 4) is 0 Å². The Balaban J connectivity index is 2.05. The van der Waals surface area contributed by atoms with E-state index in [1.165, 1.54) is 5.56 Å². The van der Waals surface area contributed by atoms with E-state index >= 15 is 0 Å². The van der Waals surface area contributed by atoms with Gasteiger partial charge in [0.1, 0.15) is 0 Å². The molecule has 3 atom stereocenters. The molecule has 3 unspecified atom stereocenters. The zero-order valence-electron chi connectivity index (χ0n) is 11.3. The molecular formula is C16H24O2. The number of benzene rings is 1. The summed E-state index contributed by atoms with van der Waals surface area (Å²) in [5.74, 6) is 0.742. The van der Waals surface area contributed by atoms with Gasteiger partial charge in [-0.1, -0.05) is 30.3 Å². The first-order chi connectivity index (χ1) is 8.46. The van der Waals surface area contributed by atoms with Gasteiger partial charge in [0.2, 0.25) is 0 Å². The number of aliphatic hydroxyl groups excluding tert-OH is 1. The summed E-state index contributed by atoms with van der Waals surface area (Å²) in [6, 6.07) is 10.5. The third-order valence-corrected chi connectivity index (χ3v) is 3.98. The second-order valence-corrected chi connectivity index (χ2v) is 6.26. The first-order valence-electron chi connectivity index (χ1n) is 6.91. The standard InChI is InChI=1S/C16H24O2/c1-16(2,18)11-14-10-13(8-9-15(14)17)12-6-4-3-5-7-12/h3-7,13-15,17-18H,8-11H2,1-2H3. The minimum Gasteiger partial charge on any atom is -0.393 e. The highest BCUT2D eigenvalue weighted by Crippen LogP contribution is 2.39. The first-order valence-corrected chi connectivity index (χ1v) is 6.91. The Kier molecular flexibility index (Phi) is 4.08. The van der Waals surface area contributed by atoms with Crippen LogP contribution in [0.4, 0.5) is 0 Å². The normalized spacial score (nSPS) is 29.2. The van der Waals surface area contributed by atoms with Crippen molar-refractivity contribution in [1.82, 2.24) is 0 Å². The average molecular weight is 248 g/mol. The van der Waals surface area contributed by atoms with Crippen LogP contribution in [0.5, 0.6) is 0 Å². The van der Waals surface area contributed by atoms with E-state index in [1.54, 1.807) is 0 Å². The van der Waals surface area contributed by atoms with Crippen molar-refractivity contribution in [2.24, 2.45) is 5.92 Å². The van der Waals surface area contributed by atoms with Crippen molar-refractivity contribution in [1.29, 1.82) is 0 Å². The maximum atomic E-state index is 10.1. The van der Waals surface area contributed by atoms with Crippen LogP contribution in [0.2, 0.25) is 0 Å². The summed E-state index contributed by atoms with van der Waals surface area (Å²) in [7, 11) is 0. The molecule has 2 nitrogen and oxygen atoms in total. The highest BCUT2D eigenvalue weighted by atomic mass is 16.3. The lowest BCUT2D eigenvalue weighted by Gasteiger charge is -2.36. The summed E-state index contributed by atoms with van der Waals surface area (Å²) >= 11 is 0. The third-order valence-electron chi connectivity index (χ3n) is 3.98. The summed E-state index contributed by atoms with van der Waals surface area (Å²) in [5, 5.41) is 20.0. The predicted molar refractivity (Wildman–Crippen MR) is 73.4 cm³/mol. The Morgan fingerprint density at radius 2 is 1.83 bits per heavy atom. The largest absolute Gasteiger partial charge is 0.393 e. The van der Waals surface area contributed by atoms with Crippen molar-refractivity contribution >= 4 is 0 Å². The van der Waals surface area contributed by atoms with Crippen LogP contribution in [0, 0.1) is 5.92 Å². The third kappa shape index (κ3) is 3.56. The van der Waals surface area contributed by atoms with Crippen LogP contribution in [0.25, 0.3) is 0 Å². The number of rotatable bonds is 3. The molecule has 18 heavy (non-hydrogen) atoms. The summed E-state index contributed by atoms with van der Waals surface area (Å²) < 4.78 is 0. The van der Waals surface area contributed by atoms with Gasteiger partial charge in [-0.05, 0) is 56.9 Å². The molecule has 0 radical (unpaired) electrons. The number of aliphatic hydroxyl groups is 2. The Labute approximate surface area is 110 Å². The summed E-state index contributed by atoms with van der Waals surface area (Å²) in [5.41, 5.74) is 0.676. The van der Waals surface area contributed by atoms with Crippen LogP contribution >= 0.6 is 0 Å². The van der Waals surface area contributed by atoms with E-state index in [4.69, 9.17) is 0 Å². The lowest BCUT2D eigenvalue weighted by Crippen LogP contribution is -2.34. The zero-order chi connectivity index (χ0) is 13.2. The fourth-order valence-electron chi connectivity index (χ4n) is 3.14. The number of hydrogen-bond acceptors (Lipinski definition) is 2. The molecule has 2 N–H and O–H groups in total. The van der Waals surface area contributed by atoms with Crippen molar-refractivity contribution in [3.63, 3.8) is 0 Å². The van der Waals surface area contributed by atoms with Crippen LogP contribution in [-0.2, 0) is 0 Å². The highest BCUT2D eigenvalue weighted by molar-refractivity contribution is 5.20. The van der Waals surface area contributed by atoms with Gasteiger partial charge in [-0.2, -0.15) is 0 Å². The van der Waals surface area contributed by atoms with Gasteiger partial charge >= 0.3 is 0 Å². The lowest BCUT2D eigenvalue weighted by atomic mass is 9.73. The molecule has 1 aliphatic rings. The van der Waals surface area contributed by atoms with Crippen molar-refractivity contribution in [2.45, 2.75) is 57.2 Å². The van der Waals surface area contributed by atoms with Gasteiger partial charge in [0.25, 0.3) is 0 Å². The van der Waals surface area contributed by atoms with E-state index in [9.17, 15) is 10.2 Å². The molecular weight excluding hydrogens is 224 g/mol. The van der Waals surface area contributed by atoms with Gasteiger partial charge in [-0.3, -0.25) is 0 Å². The molecule has 0 aromatic heterocycles. The van der Waals surface area contributed by atoms with E-state index in [0.29, 0.717) is 12.3 Å². The molecule has 0 amide bonds. The molecule has 100 valence electrons. The molecule has 1 saturated carbocycles. The molecule has 0 heterocycles. The molecule has 0 spiro atoms. The molecule has 1 aromatic rings. The Morgan fingerprint density at radius 1 is 1.17 bits per heavy atom. The number of hydrogen-bond donors (Lipinski definition) is 2. The van der Waals surface area contributed by atoms with Gasteiger partial charge in [0.05, 0.1) is 11.7 Å². The quantitative estimate of drug-likeness (QED) is 0.863. The Morgan fingerprint density at radius 3 is 2.44 bits per heavy atom. The SMILES string of the molecule is CC(C)(O)CC1CC(c2ccccc2)CCC1O. The van der Waals surface area contributed by atoms with E-state index in [2.05, 4.69) is 24.3 Å². The fourth-order valence-corrected chi connectivity index (χ4v) is 3.14. The van der Waals surface area contributed by atoms with Crippen LogP contribution in [-0.4, -0.2) is 21.9 Å². The van der Waals surface area contributed by atoms with Gasteiger partial charge in [-0.25, -0.2) is 0 Å². The van der Waals surface area contributed by atoms with Gasteiger partial charge in [0.15, 0.2) is 0 Å². The van der Waals surface area contributed by atoms with Crippen LogP contribution in [0.1, 0.15) is 51.0 Å². The van der Waals surface area contributed by atoms with E-state index < -0.39 is 5.60 Å². The van der Waals surface area contributed by atoms with Gasteiger partial charge in [0, 0.05) is 0 Å². The van der Waals surface area contributed by atoms with Gasteiger partial charge in [-0.15, -0.1) is 0 Å². The van der Waals surface area contributed by atoms with Crippen LogP contribution in [0.3, 0.4) is 0 Å². The summed E-state index contributed by atoms with van der Waals surface area (Å²) in [6.07, 6.45) is 3.30.